The molecule has 7 heteroatoms. The first-order valence-corrected chi connectivity index (χ1v) is 7.26. The highest BCUT2D eigenvalue weighted by atomic mass is 32.2. The van der Waals surface area contributed by atoms with E-state index in [2.05, 4.69) is 16.9 Å². The van der Waals surface area contributed by atoms with Crippen molar-refractivity contribution in [2.24, 2.45) is 5.73 Å². The van der Waals surface area contributed by atoms with Gasteiger partial charge in [0.05, 0.1) is 11.3 Å². The van der Waals surface area contributed by atoms with E-state index in [9.17, 15) is 14.7 Å². The molecule has 0 saturated heterocycles. The maximum atomic E-state index is 11.8. The van der Waals surface area contributed by atoms with Gasteiger partial charge in [-0.2, -0.15) is 4.98 Å². The average Bonchev–Trinajstić information content (AvgIpc) is 2.34. The summed E-state index contributed by atoms with van der Waals surface area (Å²) in [6, 6.07) is 0. The van der Waals surface area contributed by atoms with Gasteiger partial charge in [0.1, 0.15) is 0 Å². The molecule has 0 aliphatic rings. The molecule has 0 saturated carbocycles. The number of amides is 1. The van der Waals surface area contributed by atoms with Gasteiger partial charge in [0, 0.05) is 0 Å². The molecular formula is C12H19N3O3S. The van der Waals surface area contributed by atoms with Crippen LogP contribution in [0.5, 0.6) is 5.88 Å². The number of aromatic hydroxyl groups is 1. The lowest BCUT2D eigenvalue weighted by Gasteiger charge is -2.05. The number of aromatic amines is 1. The third-order valence-electron chi connectivity index (χ3n) is 2.60. The third-order valence-corrected chi connectivity index (χ3v) is 3.50. The van der Waals surface area contributed by atoms with Crippen LogP contribution in [0.4, 0.5) is 0 Å². The molecule has 106 valence electrons. The second-order valence-electron chi connectivity index (χ2n) is 4.24. The summed E-state index contributed by atoms with van der Waals surface area (Å²) >= 11 is 0.996. The second-order valence-corrected chi connectivity index (χ2v) is 5.20. The van der Waals surface area contributed by atoms with Crippen LogP contribution >= 0.6 is 11.8 Å². The molecule has 0 atom stereocenters. The summed E-state index contributed by atoms with van der Waals surface area (Å²) in [5, 5.41) is 9.94. The maximum Gasteiger partial charge on any atom is 0.258 e. The van der Waals surface area contributed by atoms with E-state index in [1.54, 1.807) is 0 Å². The smallest absolute Gasteiger partial charge is 0.258 e. The van der Waals surface area contributed by atoms with E-state index in [0.29, 0.717) is 12.0 Å². The Morgan fingerprint density at radius 2 is 2.16 bits per heavy atom. The molecule has 6 nitrogen and oxygen atoms in total. The summed E-state index contributed by atoms with van der Waals surface area (Å²) in [7, 11) is 0. The number of aromatic nitrogens is 2. The summed E-state index contributed by atoms with van der Waals surface area (Å²) in [5.41, 5.74) is 4.95. The lowest BCUT2D eigenvalue weighted by Crippen LogP contribution is -2.17. The predicted octanol–water partition coefficient (Wildman–Crippen LogP) is 1.18. The van der Waals surface area contributed by atoms with Gasteiger partial charge in [-0.05, 0) is 12.8 Å². The molecule has 0 fully saturated rings. The fourth-order valence-electron chi connectivity index (χ4n) is 1.63. The number of H-pyrrole nitrogens is 1. The van der Waals surface area contributed by atoms with E-state index in [-0.39, 0.29) is 22.3 Å². The lowest BCUT2D eigenvalue weighted by molar-refractivity contribution is -0.115. The summed E-state index contributed by atoms with van der Waals surface area (Å²) < 4.78 is 0. The summed E-state index contributed by atoms with van der Waals surface area (Å²) in [4.78, 5) is 28.8. The number of hydrogen-bond acceptors (Lipinski definition) is 5. The molecule has 1 amide bonds. The first-order chi connectivity index (χ1) is 9.04. The van der Waals surface area contributed by atoms with Crippen molar-refractivity contribution in [2.75, 3.05) is 5.75 Å². The number of nitrogens with one attached hydrogen (secondary N) is 1. The van der Waals surface area contributed by atoms with E-state index >= 15 is 0 Å². The monoisotopic (exact) mass is 285 g/mol. The normalized spacial score (nSPS) is 10.6. The number of hydrogen-bond donors (Lipinski definition) is 3. The number of carbonyl (C=O) groups is 1. The number of nitrogens with two attached hydrogens (primary N) is 1. The fraction of sp³-hybridized carbons (Fsp3) is 0.583. The van der Waals surface area contributed by atoms with Gasteiger partial charge < -0.3 is 15.8 Å². The Morgan fingerprint density at radius 1 is 1.42 bits per heavy atom. The number of primary amides is 1. The number of unbranched alkanes of at least 4 members (excludes halogenated alkanes) is 3. The van der Waals surface area contributed by atoms with Crippen molar-refractivity contribution in [3.63, 3.8) is 0 Å². The quantitative estimate of drug-likeness (QED) is 0.377. The van der Waals surface area contributed by atoms with E-state index in [1.807, 2.05) is 0 Å². The van der Waals surface area contributed by atoms with Crippen molar-refractivity contribution in [3.8, 4) is 5.88 Å². The summed E-state index contributed by atoms with van der Waals surface area (Å²) in [6.07, 6.45) is 4.60. The minimum absolute atomic E-state index is 0.0121. The number of thioether (sulfide) groups is 1. The molecule has 0 unspecified atom stereocenters. The molecule has 0 aliphatic heterocycles. The van der Waals surface area contributed by atoms with Gasteiger partial charge in [-0.15, -0.1) is 0 Å². The number of rotatable bonds is 8. The molecule has 1 rings (SSSR count). The Bertz CT molecular complexity index is 488. The Hall–Kier alpha value is -1.50. The molecular weight excluding hydrogens is 266 g/mol. The van der Waals surface area contributed by atoms with Crippen LogP contribution < -0.4 is 11.3 Å². The van der Waals surface area contributed by atoms with Crippen LogP contribution in [0.15, 0.2) is 9.95 Å². The molecule has 1 aromatic rings. The highest BCUT2D eigenvalue weighted by molar-refractivity contribution is 7.99. The second kappa shape index (κ2) is 7.83. The van der Waals surface area contributed by atoms with Crippen LogP contribution in [0.2, 0.25) is 0 Å². The van der Waals surface area contributed by atoms with Gasteiger partial charge in [-0.1, -0.05) is 37.9 Å². The van der Waals surface area contributed by atoms with Gasteiger partial charge in [-0.25, -0.2) is 0 Å². The van der Waals surface area contributed by atoms with E-state index < -0.39 is 5.91 Å². The zero-order valence-electron chi connectivity index (χ0n) is 10.9. The van der Waals surface area contributed by atoms with Crippen molar-refractivity contribution in [3.05, 3.63) is 15.9 Å². The van der Waals surface area contributed by atoms with Gasteiger partial charge in [-0.3, -0.25) is 9.59 Å². The van der Waals surface area contributed by atoms with Crippen molar-refractivity contribution in [1.29, 1.82) is 0 Å². The van der Waals surface area contributed by atoms with Crippen molar-refractivity contribution < 1.29 is 9.90 Å². The summed E-state index contributed by atoms with van der Waals surface area (Å²) in [6.45, 7) is 2.11. The lowest BCUT2D eigenvalue weighted by atomic mass is 10.1. The molecule has 0 aromatic carbocycles. The molecule has 0 radical (unpaired) electrons. The standard InChI is InChI=1S/C12H19N3O3S/c1-2-3-4-5-6-8-10(17)14-12(15-11(8)18)19-7-9(13)16/h2-7H2,1H3,(H2,13,16)(H2,14,15,17,18). The van der Waals surface area contributed by atoms with Gasteiger partial charge in [0.2, 0.25) is 11.8 Å². The Kier molecular flexibility index (Phi) is 6.41. The van der Waals surface area contributed by atoms with Gasteiger partial charge in [0.15, 0.2) is 5.16 Å². The average molecular weight is 285 g/mol. The molecule has 0 bridgehead atoms. The zero-order chi connectivity index (χ0) is 14.3. The molecule has 1 aromatic heterocycles. The third kappa shape index (κ3) is 5.34. The van der Waals surface area contributed by atoms with Crippen molar-refractivity contribution in [1.82, 2.24) is 9.97 Å². The first kappa shape index (κ1) is 15.6. The maximum absolute atomic E-state index is 11.8. The predicted molar refractivity (Wildman–Crippen MR) is 74.3 cm³/mol. The largest absolute Gasteiger partial charge is 0.493 e. The first-order valence-electron chi connectivity index (χ1n) is 6.27. The van der Waals surface area contributed by atoms with Crippen molar-refractivity contribution in [2.45, 2.75) is 44.2 Å². The van der Waals surface area contributed by atoms with E-state index in [0.717, 1.165) is 37.4 Å². The van der Waals surface area contributed by atoms with Crippen LogP contribution in [0.1, 0.15) is 38.2 Å². The Labute approximate surface area is 115 Å². The molecule has 19 heavy (non-hydrogen) atoms. The van der Waals surface area contributed by atoms with Crippen LogP contribution in [-0.4, -0.2) is 26.7 Å². The van der Waals surface area contributed by atoms with Crippen molar-refractivity contribution >= 4 is 17.7 Å². The topological polar surface area (TPSA) is 109 Å². The molecule has 1 heterocycles. The van der Waals surface area contributed by atoms with Gasteiger partial charge >= 0.3 is 0 Å². The minimum atomic E-state index is -0.504. The Balaban J connectivity index is 2.68. The highest BCUT2D eigenvalue weighted by Crippen LogP contribution is 2.17. The number of carbonyl (C=O) groups excluding carboxylic acids is 1. The molecule has 0 spiro atoms. The van der Waals surface area contributed by atoms with E-state index in [4.69, 9.17) is 5.73 Å². The zero-order valence-corrected chi connectivity index (χ0v) is 11.8. The van der Waals surface area contributed by atoms with Crippen LogP contribution in [0.3, 0.4) is 0 Å². The fourth-order valence-corrected chi connectivity index (χ4v) is 2.22. The van der Waals surface area contributed by atoms with Crippen LogP contribution in [0.25, 0.3) is 0 Å². The van der Waals surface area contributed by atoms with E-state index in [1.165, 1.54) is 0 Å². The minimum Gasteiger partial charge on any atom is -0.493 e. The number of nitrogens with zero attached hydrogens (tertiary/aromatic N) is 1. The Morgan fingerprint density at radius 3 is 2.74 bits per heavy atom. The SMILES string of the molecule is CCCCCCc1c(O)nc(SCC(N)=O)[nH]c1=O. The van der Waals surface area contributed by atoms with Crippen LogP contribution in [-0.2, 0) is 11.2 Å². The summed E-state index contributed by atoms with van der Waals surface area (Å²) in [5.74, 6) is -0.749. The molecule has 0 aliphatic carbocycles. The van der Waals surface area contributed by atoms with Crippen LogP contribution in [0, 0.1) is 0 Å². The highest BCUT2D eigenvalue weighted by Gasteiger charge is 2.11. The molecule has 4 N–H and O–H groups in total. The van der Waals surface area contributed by atoms with Gasteiger partial charge in [0.25, 0.3) is 5.56 Å².